The predicted molar refractivity (Wildman–Crippen MR) is 61.4 cm³/mol. The number of hydrogen-bond donors (Lipinski definition) is 0. The Labute approximate surface area is 94.0 Å². The topological polar surface area (TPSA) is 30.7 Å². The zero-order chi connectivity index (χ0) is 10.6. The molecule has 1 aromatic rings. The minimum absolute atomic E-state index is 0.343. The lowest BCUT2D eigenvalue weighted by Crippen LogP contribution is -2.01. The summed E-state index contributed by atoms with van der Waals surface area (Å²) in [6.07, 6.45) is 4.23. The Morgan fingerprint density at radius 2 is 2.21 bits per heavy atom. The molecule has 4 heteroatoms. The van der Waals surface area contributed by atoms with Crippen LogP contribution in [0.4, 0.5) is 0 Å². The van der Waals surface area contributed by atoms with Crippen LogP contribution in [-0.2, 0) is 6.54 Å². The van der Waals surface area contributed by atoms with E-state index in [-0.39, 0.29) is 0 Å². The standard InChI is InChI=1S/C10H18BrN3/c1-4-9(11)10-7-14(13-12-10)6-5-8(2)3/h7-9H,4-6H2,1-3H3. The van der Waals surface area contributed by atoms with Gasteiger partial charge in [-0.25, -0.2) is 0 Å². The van der Waals surface area contributed by atoms with Gasteiger partial charge in [-0.2, -0.15) is 0 Å². The molecule has 1 unspecified atom stereocenters. The van der Waals surface area contributed by atoms with E-state index < -0.39 is 0 Å². The van der Waals surface area contributed by atoms with Gasteiger partial charge in [0.25, 0.3) is 0 Å². The molecule has 0 bridgehead atoms. The summed E-state index contributed by atoms with van der Waals surface area (Å²) in [5, 5.41) is 8.22. The molecule has 0 amide bonds. The fraction of sp³-hybridized carbons (Fsp3) is 0.800. The molecule has 0 saturated heterocycles. The zero-order valence-corrected chi connectivity index (χ0v) is 10.7. The van der Waals surface area contributed by atoms with Crippen molar-refractivity contribution in [3.05, 3.63) is 11.9 Å². The van der Waals surface area contributed by atoms with Gasteiger partial charge in [-0.05, 0) is 18.8 Å². The first-order valence-corrected chi connectivity index (χ1v) is 6.09. The first-order valence-electron chi connectivity index (χ1n) is 5.17. The minimum atomic E-state index is 0.343. The van der Waals surface area contributed by atoms with Crippen molar-refractivity contribution in [3.63, 3.8) is 0 Å². The number of halogens is 1. The molecule has 0 spiro atoms. The van der Waals surface area contributed by atoms with Gasteiger partial charge in [0.15, 0.2) is 0 Å². The molecular formula is C10H18BrN3. The summed E-state index contributed by atoms with van der Waals surface area (Å²) in [7, 11) is 0. The average molecular weight is 260 g/mol. The summed E-state index contributed by atoms with van der Waals surface area (Å²) in [6.45, 7) is 7.54. The first kappa shape index (κ1) is 11.7. The van der Waals surface area contributed by atoms with E-state index in [4.69, 9.17) is 0 Å². The van der Waals surface area contributed by atoms with Crippen molar-refractivity contribution in [1.82, 2.24) is 15.0 Å². The van der Waals surface area contributed by atoms with Gasteiger partial charge in [-0.15, -0.1) is 5.10 Å². The van der Waals surface area contributed by atoms with Crippen molar-refractivity contribution in [3.8, 4) is 0 Å². The van der Waals surface area contributed by atoms with Crippen LogP contribution in [0.15, 0.2) is 6.20 Å². The number of nitrogens with zero attached hydrogens (tertiary/aromatic N) is 3. The molecule has 3 nitrogen and oxygen atoms in total. The van der Waals surface area contributed by atoms with Gasteiger partial charge in [-0.3, -0.25) is 4.68 Å². The summed E-state index contributed by atoms with van der Waals surface area (Å²) >= 11 is 3.56. The van der Waals surface area contributed by atoms with Gasteiger partial charge >= 0.3 is 0 Å². The fourth-order valence-corrected chi connectivity index (χ4v) is 1.38. The maximum atomic E-state index is 4.13. The average Bonchev–Trinajstić information content (AvgIpc) is 2.62. The second kappa shape index (κ2) is 5.49. The molecular weight excluding hydrogens is 242 g/mol. The summed E-state index contributed by atoms with van der Waals surface area (Å²) < 4.78 is 1.93. The van der Waals surface area contributed by atoms with Crippen LogP contribution in [0, 0.1) is 5.92 Å². The molecule has 80 valence electrons. The smallest absolute Gasteiger partial charge is 0.0963 e. The third-order valence-electron chi connectivity index (χ3n) is 2.17. The van der Waals surface area contributed by atoms with E-state index in [2.05, 4.69) is 47.0 Å². The number of alkyl halides is 1. The Morgan fingerprint density at radius 1 is 1.50 bits per heavy atom. The minimum Gasteiger partial charge on any atom is -0.252 e. The summed E-state index contributed by atoms with van der Waals surface area (Å²) in [5.41, 5.74) is 1.04. The molecule has 1 rings (SSSR count). The van der Waals surface area contributed by atoms with Crippen LogP contribution < -0.4 is 0 Å². The van der Waals surface area contributed by atoms with Crippen LogP contribution in [0.3, 0.4) is 0 Å². The van der Waals surface area contributed by atoms with Crippen LogP contribution in [-0.4, -0.2) is 15.0 Å². The van der Waals surface area contributed by atoms with E-state index in [9.17, 15) is 0 Å². The first-order chi connectivity index (χ1) is 6.63. The predicted octanol–water partition coefficient (Wildman–Crippen LogP) is 3.17. The SMILES string of the molecule is CCC(Br)c1cn(CCC(C)C)nn1. The van der Waals surface area contributed by atoms with Gasteiger partial charge < -0.3 is 0 Å². The molecule has 0 aliphatic heterocycles. The van der Waals surface area contributed by atoms with Crippen LogP contribution in [0.25, 0.3) is 0 Å². The lowest BCUT2D eigenvalue weighted by molar-refractivity contribution is 0.478. The number of hydrogen-bond acceptors (Lipinski definition) is 2. The van der Waals surface area contributed by atoms with Gasteiger partial charge in [0.05, 0.1) is 10.5 Å². The molecule has 0 aliphatic carbocycles. The van der Waals surface area contributed by atoms with E-state index in [1.165, 1.54) is 0 Å². The normalized spacial score (nSPS) is 13.5. The van der Waals surface area contributed by atoms with Crippen molar-refractivity contribution in [2.75, 3.05) is 0 Å². The Morgan fingerprint density at radius 3 is 2.79 bits per heavy atom. The van der Waals surface area contributed by atoms with Crippen molar-refractivity contribution in [2.45, 2.75) is 45.0 Å². The summed E-state index contributed by atoms with van der Waals surface area (Å²) in [5.74, 6) is 0.716. The van der Waals surface area contributed by atoms with Gasteiger partial charge in [0.2, 0.25) is 0 Å². The molecule has 1 aromatic heterocycles. The summed E-state index contributed by atoms with van der Waals surface area (Å²) in [4.78, 5) is 0.343. The van der Waals surface area contributed by atoms with Gasteiger partial charge in [-0.1, -0.05) is 41.9 Å². The van der Waals surface area contributed by atoms with E-state index in [1.54, 1.807) is 0 Å². The largest absolute Gasteiger partial charge is 0.252 e. The lowest BCUT2D eigenvalue weighted by atomic mass is 10.1. The molecule has 0 N–H and O–H groups in total. The molecule has 0 aromatic carbocycles. The second-order valence-corrected chi connectivity index (χ2v) is 5.07. The number of aromatic nitrogens is 3. The third kappa shape index (κ3) is 3.40. The van der Waals surface area contributed by atoms with Crippen molar-refractivity contribution in [1.29, 1.82) is 0 Å². The third-order valence-corrected chi connectivity index (χ3v) is 3.29. The highest BCUT2D eigenvalue weighted by atomic mass is 79.9. The molecule has 0 aliphatic rings. The second-order valence-electron chi connectivity index (χ2n) is 3.96. The van der Waals surface area contributed by atoms with Crippen molar-refractivity contribution >= 4 is 15.9 Å². The Bertz CT molecular complexity index is 270. The van der Waals surface area contributed by atoms with Gasteiger partial charge in [0.1, 0.15) is 0 Å². The molecule has 14 heavy (non-hydrogen) atoms. The van der Waals surface area contributed by atoms with Crippen LogP contribution in [0.1, 0.15) is 44.1 Å². The molecule has 1 atom stereocenters. The highest BCUT2D eigenvalue weighted by molar-refractivity contribution is 9.09. The molecule has 0 radical (unpaired) electrons. The van der Waals surface area contributed by atoms with Crippen LogP contribution in [0.5, 0.6) is 0 Å². The Hall–Kier alpha value is -0.380. The van der Waals surface area contributed by atoms with Crippen molar-refractivity contribution in [2.24, 2.45) is 5.92 Å². The number of rotatable bonds is 5. The monoisotopic (exact) mass is 259 g/mol. The highest BCUT2D eigenvalue weighted by Crippen LogP contribution is 2.23. The maximum absolute atomic E-state index is 4.13. The Balaban J connectivity index is 2.50. The zero-order valence-electron chi connectivity index (χ0n) is 9.07. The fourth-order valence-electron chi connectivity index (χ4n) is 1.17. The lowest BCUT2D eigenvalue weighted by Gasteiger charge is -2.03. The quantitative estimate of drug-likeness (QED) is 0.761. The Kier molecular flexibility index (Phi) is 4.58. The maximum Gasteiger partial charge on any atom is 0.0963 e. The highest BCUT2D eigenvalue weighted by Gasteiger charge is 2.09. The number of aryl methyl sites for hydroxylation is 1. The van der Waals surface area contributed by atoms with Gasteiger partial charge in [0, 0.05) is 12.7 Å². The molecule has 0 saturated carbocycles. The summed E-state index contributed by atoms with van der Waals surface area (Å²) in [6, 6.07) is 0. The van der Waals surface area contributed by atoms with E-state index in [0.29, 0.717) is 10.7 Å². The van der Waals surface area contributed by atoms with E-state index >= 15 is 0 Å². The van der Waals surface area contributed by atoms with Crippen molar-refractivity contribution < 1.29 is 0 Å². The molecule has 0 fully saturated rings. The van der Waals surface area contributed by atoms with E-state index in [1.807, 2.05) is 10.9 Å². The van der Waals surface area contributed by atoms with Crippen LogP contribution in [0.2, 0.25) is 0 Å². The van der Waals surface area contributed by atoms with E-state index in [0.717, 1.165) is 25.1 Å². The molecule has 1 heterocycles. The van der Waals surface area contributed by atoms with Crippen LogP contribution >= 0.6 is 15.9 Å².